The Labute approximate surface area is 120 Å². The van der Waals surface area contributed by atoms with Gasteiger partial charge in [0.1, 0.15) is 12.0 Å². The first-order chi connectivity index (χ1) is 9.81. The van der Waals surface area contributed by atoms with Crippen LogP contribution in [0.2, 0.25) is 0 Å². The van der Waals surface area contributed by atoms with Crippen LogP contribution in [0.3, 0.4) is 0 Å². The number of hydrogen-bond acceptors (Lipinski definition) is 6. The Hall–Kier alpha value is -1.56. The van der Waals surface area contributed by atoms with Crippen molar-refractivity contribution in [3.63, 3.8) is 0 Å². The molecule has 0 saturated carbocycles. The third-order valence-electron chi connectivity index (χ3n) is 3.43. The molecule has 0 radical (unpaired) electrons. The van der Waals surface area contributed by atoms with E-state index in [2.05, 4.69) is 27.1 Å². The van der Waals surface area contributed by atoms with Crippen molar-refractivity contribution in [2.45, 2.75) is 32.6 Å². The number of nitrogens with zero attached hydrogens (tertiary/aromatic N) is 3. The first-order valence-electron chi connectivity index (χ1n) is 7.50. The van der Waals surface area contributed by atoms with Crippen LogP contribution in [0, 0.1) is 0 Å². The van der Waals surface area contributed by atoms with Crippen molar-refractivity contribution >= 4 is 11.5 Å². The number of likely N-dealkylation sites (tertiary alicyclic amines) is 1. The number of rotatable bonds is 8. The monoisotopic (exact) mass is 279 g/mol. The fraction of sp³-hybridized carbons (Fsp3) is 0.714. The lowest BCUT2D eigenvalue weighted by atomic mass is 10.3. The first kappa shape index (κ1) is 14.8. The molecule has 1 aliphatic rings. The average molecular weight is 279 g/mol. The SMILES string of the molecule is CCCOc1ncnc(NCCCN2CCCC2)c1N. The van der Waals surface area contributed by atoms with Gasteiger partial charge in [-0.1, -0.05) is 6.92 Å². The molecule has 6 heteroatoms. The Kier molecular flexibility index (Phi) is 5.86. The summed E-state index contributed by atoms with van der Waals surface area (Å²) < 4.78 is 5.49. The molecule has 0 bridgehead atoms. The zero-order valence-electron chi connectivity index (χ0n) is 12.3. The van der Waals surface area contributed by atoms with Gasteiger partial charge in [-0.15, -0.1) is 0 Å². The Morgan fingerprint density at radius 2 is 2.15 bits per heavy atom. The van der Waals surface area contributed by atoms with Crippen molar-refractivity contribution < 1.29 is 4.74 Å². The molecule has 1 aromatic rings. The molecular formula is C14H25N5O. The minimum Gasteiger partial charge on any atom is -0.476 e. The molecule has 1 aromatic heterocycles. The fourth-order valence-corrected chi connectivity index (χ4v) is 2.35. The lowest BCUT2D eigenvalue weighted by molar-refractivity contribution is 0.306. The Bertz CT molecular complexity index is 407. The zero-order valence-corrected chi connectivity index (χ0v) is 12.3. The van der Waals surface area contributed by atoms with Crippen LogP contribution in [-0.2, 0) is 0 Å². The van der Waals surface area contributed by atoms with Gasteiger partial charge in [0.05, 0.1) is 6.61 Å². The van der Waals surface area contributed by atoms with Gasteiger partial charge in [0, 0.05) is 6.54 Å². The highest BCUT2D eigenvalue weighted by Crippen LogP contribution is 2.24. The van der Waals surface area contributed by atoms with Gasteiger partial charge in [0.25, 0.3) is 0 Å². The number of ether oxygens (including phenoxy) is 1. The van der Waals surface area contributed by atoms with Crippen LogP contribution < -0.4 is 15.8 Å². The summed E-state index contributed by atoms with van der Waals surface area (Å²) in [5.41, 5.74) is 6.51. The molecule has 0 spiro atoms. The normalized spacial score (nSPS) is 15.4. The molecule has 0 amide bonds. The van der Waals surface area contributed by atoms with Crippen LogP contribution in [0.5, 0.6) is 5.88 Å². The zero-order chi connectivity index (χ0) is 14.2. The molecule has 0 aromatic carbocycles. The van der Waals surface area contributed by atoms with Gasteiger partial charge in [-0.25, -0.2) is 4.98 Å². The summed E-state index contributed by atoms with van der Waals surface area (Å²) >= 11 is 0. The van der Waals surface area contributed by atoms with Gasteiger partial charge in [-0.3, -0.25) is 0 Å². The molecule has 0 unspecified atom stereocenters. The number of nitrogen functional groups attached to an aromatic ring is 1. The van der Waals surface area contributed by atoms with E-state index in [1.807, 2.05) is 0 Å². The second-order valence-corrected chi connectivity index (χ2v) is 5.12. The van der Waals surface area contributed by atoms with E-state index in [0.717, 1.165) is 25.9 Å². The van der Waals surface area contributed by atoms with Gasteiger partial charge < -0.3 is 20.7 Å². The van der Waals surface area contributed by atoms with E-state index in [-0.39, 0.29) is 0 Å². The van der Waals surface area contributed by atoms with Gasteiger partial charge in [0.15, 0.2) is 5.82 Å². The highest BCUT2D eigenvalue weighted by molar-refractivity contribution is 5.66. The predicted octanol–water partition coefficient (Wildman–Crippen LogP) is 1.75. The maximum absolute atomic E-state index is 6.01. The summed E-state index contributed by atoms with van der Waals surface area (Å²) in [6.45, 7) is 7.15. The van der Waals surface area contributed by atoms with Crippen LogP contribution in [0.25, 0.3) is 0 Å². The Morgan fingerprint density at radius 3 is 2.90 bits per heavy atom. The van der Waals surface area contributed by atoms with Crippen molar-refractivity contribution in [2.24, 2.45) is 0 Å². The van der Waals surface area contributed by atoms with Gasteiger partial charge in [0.2, 0.25) is 5.88 Å². The van der Waals surface area contributed by atoms with Gasteiger partial charge in [-0.05, 0) is 45.3 Å². The predicted molar refractivity (Wildman–Crippen MR) is 81.0 cm³/mol. The summed E-state index contributed by atoms with van der Waals surface area (Å²) in [6.07, 6.45) is 6.19. The van der Waals surface area contributed by atoms with Crippen LogP contribution in [-0.4, -0.2) is 47.7 Å². The van der Waals surface area contributed by atoms with E-state index in [0.29, 0.717) is 24.0 Å². The summed E-state index contributed by atoms with van der Waals surface area (Å²) in [5, 5.41) is 3.27. The number of nitrogens with one attached hydrogen (secondary N) is 1. The van der Waals surface area contributed by atoms with Crippen molar-refractivity contribution in [1.29, 1.82) is 0 Å². The maximum atomic E-state index is 6.01. The second-order valence-electron chi connectivity index (χ2n) is 5.12. The quantitative estimate of drug-likeness (QED) is 0.706. The minimum absolute atomic E-state index is 0.476. The number of anilines is 2. The van der Waals surface area contributed by atoms with Crippen LogP contribution in [0.15, 0.2) is 6.33 Å². The third kappa shape index (κ3) is 4.23. The fourth-order valence-electron chi connectivity index (χ4n) is 2.35. The summed E-state index contributed by atoms with van der Waals surface area (Å²) in [4.78, 5) is 10.7. The van der Waals surface area contributed by atoms with E-state index in [1.165, 1.54) is 32.3 Å². The van der Waals surface area contributed by atoms with E-state index >= 15 is 0 Å². The maximum Gasteiger partial charge on any atom is 0.242 e. The third-order valence-corrected chi connectivity index (χ3v) is 3.43. The lowest BCUT2D eigenvalue weighted by Crippen LogP contribution is -2.22. The molecule has 0 aliphatic carbocycles. The van der Waals surface area contributed by atoms with Crippen molar-refractivity contribution in [3.05, 3.63) is 6.33 Å². The van der Waals surface area contributed by atoms with Gasteiger partial charge in [-0.2, -0.15) is 4.98 Å². The molecule has 20 heavy (non-hydrogen) atoms. The molecule has 1 saturated heterocycles. The number of aromatic nitrogens is 2. The minimum atomic E-state index is 0.476. The molecular weight excluding hydrogens is 254 g/mol. The second kappa shape index (κ2) is 7.89. The molecule has 0 atom stereocenters. The highest BCUT2D eigenvalue weighted by atomic mass is 16.5. The Balaban J connectivity index is 1.76. The van der Waals surface area contributed by atoms with Crippen LogP contribution >= 0.6 is 0 Å². The van der Waals surface area contributed by atoms with Crippen molar-refractivity contribution in [2.75, 3.05) is 43.8 Å². The summed E-state index contributed by atoms with van der Waals surface area (Å²) in [6, 6.07) is 0. The lowest BCUT2D eigenvalue weighted by Gasteiger charge is -2.15. The summed E-state index contributed by atoms with van der Waals surface area (Å²) in [7, 11) is 0. The smallest absolute Gasteiger partial charge is 0.242 e. The molecule has 112 valence electrons. The molecule has 3 N–H and O–H groups in total. The Morgan fingerprint density at radius 1 is 1.35 bits per heavy atom. The standard InChI is InChI=1S/C14H25N5O/c1-2-10-20-14-12(15)13(17-11-18-14)16-6-5-9-19-7-3-4-8-19/h11H,2-10,15H2,1H3,(H,16,17,18). The molecule has 6 nitrogen and oxygen atoms in total. The van der Waals surface area contributed by atoms with E-state index in [4.69, 9.17) is 10.5 Å². The molecule has 2 rings (SSSR count). The van der Waals surface area contributed by atoms with E-state index in [9.17, 15) is 0 Å². The van der Waals surface area contributed by atoms with Gasteiger partial charge >= 0.3 is 0 Å². The average Bonchev–Trinajstić information content (AvgIpc) is 2.97. The topological polar surface area (TPSA) is 76.3 Å². The highest BCUT2D eigenvalue weighted by Gasteiger charge is 2.11. The van der Waals surface area contributed by atoms with E-state index < -0.39 is 0 Å². The van der Waals surface area contributed by atoms with Crippen LogP contribution in [0.4, 0.5) is 11.5 Å². The molecule has 1 aliphatic heterocycles. The van der Waals surface area contributed by atoms with Crippen molar-refractivity contribution in [3.8, 4) is 5.88 Å². The molecule has 1 fully saturated rings. The summed E-state index contributed by atoms with van der Waals surface area (Å²) in [5.74, 6) is 1.15. The van der Waals surface area contributed by atoms with E-state index in [1.54, 1.807) is 0 Å². The number of nitrogens with two attached hydrogens (primary N) is 1. The number of hydrogen-bond donors (Lipinski definition) is 2. The van der Waals surface area contributed by atoms with Crippen LogP contribution in [0.1, 0.15) is 32.6 Å². The first-order valence-corrected chi connectivity index (χ1v) is 7.50. The van der Waals surface area contributed by atoms with Crippen molar-refractivity contribution in [1.82, 2.24) is 14.9 Å². The molecule has 2 heterocycles. The largest absolute Gasteiger partial charge is 0.476 e.